The highest BCUT2D eigenvalue weighted by Gasteiger charge is 2.36. The minimum atomic E-state index is -0.739. The summed E-state index contributed by atoms with van der Waals surface area (Å²) in [5.41, 5.74) is 6.20. The van der Waals surface area contributed by atoms with Crippen LogP contribution in [0, 0.1) is 0 Å². The molecule has 0 saturated carbocycles. The number of carbonyl (C=O) groups is 2. The highest BCUT2D eigenvalue weighted by molar-refractivity contribution is 5.74. The second kappa shape index (κ2) is 11.9. The lowest BCUT2D eigenvalue weighted by Crippen LogP contribution is -2.53. The van der Waals surface area contributed by atoms with Gasteiger partial charge in [0.2, 0.25) is 0 Å². The Morgan fingerprint density at radius 3 is 2.21 bits per heavy atom. The number of ether oxygens (including phenoxy) is 2. The molecule has 5 rings (SSSR count). The van der Waals surface area contributed by atoms with Crippen molar-refractivity contribution in [3.8, 4) is 5.69 Å². The Morgan fingerprint density at radius 1 is 0.868 bits per heavy atom. The van der Waals surface area contributed by atoms with Gasteiger partial charge in [-0.05, 0) is 35.2 Å². The van der Waals surface area contributed by atoms with Crippen LogP contribution in [0.1, 0.15) is 29.0 Å². The molecular formula is C30H28N4O4. The van der Waals surface area contributed by atoms with Crippen molar-refractivity contribution in [1.82, 2.24) is 20.2 Å². The summed E-state index contributed by atoms with van der Waals surface area (Å²) in [6.45, 7) is 0.152. The minimum Gasteiger partial charge on any atom is -0.443 e. The molecule has 1 N–H and O–H groups in total. The Balaban J connectivity index is 1.37. The maximum Gasteiger partial charge on any atom is 0.429 e. The standard InChI is InChI=1S/C30H28N4O4/c35-29(37-21-23-11-3-1-4-12-23)32-34(30(36)38-22-24-13-5-2-6-14-24)28-18-9-16-26(28)25-15-7-8-17-27(25)33-20-10-19-31-33/h1-17,19-20,26,28H,18,21-22H2,(H,32,35)/t26-,28+/m0/s1. The Morgan fingerprint density at radius 2 is 1.53 bits per heavy atom. The molecule has 4 aromatic rings. The summed E-state index contributed by atoms with van der Waals surface area (Å²) in [7, 11) is 0. The molecule has 0 fully saturated rings. The topological polar surface area (TPSA) is 85.7 Å². The van der Waals surface area contributed by atoms with Crippen LogP contribution < -0.4 is 5.43 Å². The number of carbonyl (C=O) groups excluding carboxylic acids is 2. The molecule has 0 spiro atoms. The molecule has 1 aliphatic rings. The zero-order valence-electron chi connectivity index (χ0n) is 20.7. The number of hydrazine groups is 1. The van der Waals surface area contributed by atoms with Gasteiger partial charge in [-0.15, -0.1) is 0 Å². The number of amides is 2. The highest BCUT2D eigenvalue weighted by Crippen LogP contribution is 2.35. The molecule has 3 aromatic carbocycles. The normalized spacial score (nSPS) is 16.1. The van der Waals surface area contributed by atoms with Crippen molar-refractivity contribution in [2.24, 2.45) is 0 Å². The van der Waals surface area contributed by atoms with Gasteiger partial charge in [0.1, 0.15) is 13.2 Å². The van der Waals surface area contributed by atoms with Crippen LogP contribution >= 0.6 is 0 Å². The van der Waals surface area contributed by atoms with Gasteiger partial charge in [-0.25, -0.2) is 24.7 Å². The average Bonchev–Trinajstić information content (AvgIpc) is 3.68. The average molecular weight is 509 g/mol. The van der Waals surface area contributed by atoms with E-state index < -0.39 is 18.2 Å². The lowest BCUT2D eigenvalue weighted by molar-refractivity contribution is 0.0454. The van der Waals surface area contributed by atoms with Crippen molar-refractivity contribution >= 4 is 12.2 Å². The van der Waals surface area contributed by atoms with E-state index in [1.807, 2.05) is 109 Å². The van der Waals surface area contributed by atoms with Crippen LogP contribution in [-0.4, -0.2) is 33.0 Å². The molecule has 0 bridgehead atoms. The van der Waals surface area contributed by atoms with E-state index in [2.05, 4.69) is 10.5 Å². The van der Waals surface area contributed by atoms with E-state index >= 15 is 0 Å². The van der Waals surface area contributed by atoms with Crippen LogP contribution in [0.2, 0.25) is 0 Å². The van der Waals surface area contributed by atoms with Gasteiger partial charge in [-0.3, -0.25) is 0 Å². The molecule has 0 radical (unpaired) electrons. The number of nitrogens with one attached hydrogen (secondary N) is 1. The molecule has 1 heterocycles. The van der Waals surface area contributed by atoms with Crippen molar-refractivity contribution in [2.45, 2.75) is 31.6 Å². The van der Waals surface area contributed by atoms with Crippen LogP contribution in [0.15, 0.2) is 116 Å². The third-order valence-corrected chi connectivity index (χ3v) is 6.34. The van der Waals surface area contributed by atoms with Gasteiger partial charge in [-0.2, -0.15) is 5.10 Å². The Hall–Kier alpha value is -4.85. The van der Waals surface area contributed by atoms with E-state index in [9.17, 15) is 9.59 Å². The minimum absolute atomic E-state index is 0.0750. The fraction of sp³-hybridized carbons (Fsp3) is 0.167. The van der Waals surface area contributed by atoms with Gasteiger partial charge in [0.25, 0.3) is 0 Å². The Kier molecular flexibility index (Phi) is 7.79. The van der Waals surface area contributed by atoms with E-state index in [1.54, 1.807) is 10.9 Å². The number of rotatable bonds is 7. The molecule has 38 heavy (non-hydrogen) atoms. The first-order chi connectivity index (χ1) is 18.7. The maximum atomic E-state index is 13.4. The smallest absolute Gasteiger partial charge is 0.429 e. The van der Waals surface area contributed by atoms with Crippen LogP contribution in [-0.2, 0) is 22.7 Å². The second-order valence-corrected chi connectivity index (χ2v) is 8.85. The molecule has 0 aliphatic heterocycles. The lowest BCUT2D eigenvalue weighted by atomic mass is 9.92. The molecule has 2 amide bonds. The van der Waals surface area contributed by atoms with Gasteiger partial charge in [0, 0.05) is 18.3 Å². The van der Waals surface area contributed by atoms with Gasteiger partial charge in [-0.1, -0.05) is 91.0 Å². The highest BCUT2D eigenvalue weighted by atomic mass is 16.6. The second-order valence-electron chi connectivity index (χ2n) is 8.85. The Labute approximate surface area is 221 Å². The first kappa shape index (κ1) is 24.8. The molecule has 0 saturated heterocycles. The number of para-hydroxylation sites is 1. The predicted octanol–water partition coefficient (Wildman–Crippen LogP) is 5.76. The van der Waals surface area contributed by atoms with Crippen molar-refractivity contribution < 1.29 is 19.1 Å². The first-order valence-corrected chi connectivity index (χ1v) is 12.4. The fourth-order valence-corrected chi connectivity index (χ4v) is 4.51. The summed E-state index contributed by atoms with van der Waals surface area (Å²) in [6.07, 6.45) is 6.76. The molecule has 1 aliphatic carbocycles. The zero-order valence-corrected chi connectivity index (χ0v) is 20.7. The molecule has 1 aromatic heterocycles. The molecular weight excluding hydrogens is 480 g/mol. The summed E-state index contributed by atoms with van der Waals surface area (Å²) in [5.74, 6) is -0.214. The predicted molar refractivity (Wildman–Crippen MR) is 142 cm³/mol. The number of hydrogen-bond acceptors (Lipinski definition) is 5. The van der Waals surface area contributed by atoms with Crippen molar-refractivity contribution in [3.05, 3.63) is 132 Å². The fourth-order valence-electron chi connectivity index (χ4n) is 4.51. The van der Waals surface area contributed by atoms with Crippen molar-refractivity contribution in [2.75, 3.05) is 0 Å². The van der Waals surface area contributed by atoms with E-state index in [4.69, 9.17) is 9.47 Å². The van der Waals surface area contributed by atoms with Crippen LogP contribution in [0.25, 0.3) is 5.69 Å². The largest absolute Gasteiger partial charge is 0.443 e. The van der Waals surface area contributed by atoms with E-state index in [0.717, 1.165) is 22.4 Å². The van der Waals surface area contributed by atoms with Crippen LogP contribution in [0.5, 0.6) is 0 Å². The van der Waals surface area contributed by atoms with E-state index in [-0.39, 0.29) is 19.1 Å². The number of benzene rings is 3. The molecule has 192 valence electrons. The molecule has 8 heteroatoms. The lowest BCUT2D eigenvalue weighted by Gasteiger charge is -2.32. The van der Waals surface area contributed by atoms with Gasteiger partial charge >= 0.3 is 12.2 Å². The molecule has 2 atom stereocenters. The third-order valence-electron chi connectivity index (χ3n) is 6.34. The SMILES string of the molecule is O=C(NN(C(=O)OCc1ccccc1)[C@@H]1CC=C[C@H]1c1ccccc1-n1cccn1)OCc1ccccc1. The monoisotopic (exact) mass is 508 g/mol. The molecule has 8 nitrogen and oxygen atoms in total. The van der Waals surface area contributed by atoms with Gasteiger partial charge in [0.15, 0.2) is 0 Å². The zero-order chi connectivity index (χ0) is 26.2. The summed E-state index contributed by atoms with van der Waals surface area (Å²) >= 11 is 0. The van der Waals surface area contributed by atoms with E-state index in [1.165, 1.54) is 5.01 Å². The number of nitrogens with zero attached hydrogens (tertiary/aromatic N) is 3. The van der Waals surface area contributed by atoms with E-state index in [0.29, 0.717) is 6.42 Å². The van der Waals surface area contributed by atoms with Crippen molar-refractivity contribution in [3.63, 3.8) is 0 Å². The third kappa shape index (κ3) is 5.92. The maximum absolute atomic E-state index is 13.4. The van der Waals surface area contributed by atoms with Crippen molar-refractivity contribution in [1.29, 1.82) is 0 Å². The molecule has 0 unspecified atom stereocenters. The quantitative estimate of drug-likeness (QED) is 0.253. The van der Waals surface area contributed by atoms with Crippen LogP contribution in [0.4, 0.5) is 9.59 Å². The Bertz CT molecular complexity index is 1370. The number of hydrogen-bond donors (Lipinski definition) is 1. The van der Waals surface area contributed by atoms with Gasteiger partial charge in [0.05, 0.1) is 11.7 Å². The summed E-state index contributed by atoms with van der Waals surface area (Å²) in [4.78, 5) is 26.2. The summed E-state index contributed by atoms with van der Waals surface area (Å²) in [6, 6.07) is 28.1. The number of aromatic nitrogens is 2. The summed E-state index contributed by atoms with van der Waals surface area (Å²) in [5, 5.41) is 5.64. The first-order valence-electron chi connectivity index (χ1n) is 12.4. The summed E-state index contributed by atoms with van der Waals surface area (Å²) < 4.78 is 12.8. The van der Waals surface area contributed by atoms with Gasteiger partial charge < -0.3 is 9.47 Å². The van der Waals surface area contributed by atoms with Crippen LogP contribution in [0.3, 0.4) is 0 Å².